The van der Waals surface area contributed by atoms with Crippen LogP contribution in [0.3, 0.4) is 0 Å². The molecule has 0 bridgehead atoms. The summed E-state index contributed by atoms with van der Waals surface area (Å²) in [6.45, 7) is 6.66. The number of rotatable bonds is 5. The zero-order chi connectivity index (χ0) is 12.2. The fourth-order valence-electron chi connectivity index (χ4n) is 1.96. The predicted octanol–water partition coefficient (Wildman–Crippen LogP) is 2.19. The summed E-state index contributed by atoms with van der Waals surface area (Å²) in [7, 11) is 0. The molecule has 1 fully saturated rings. The third-order valence-electron chi connectivity index (χ3n) is 2.85. The van der Waals surface area contributed by atoms with Crippen molar-refractivity contribution in [2.75, 3.05) is 12.4 Å². The molecule has 0 heterocycles. The Bertz CT molecular complexity index is 245. The van der Waals surface area contributed by atoms with Crippen molar-refractivity contribution in [3.63, 3.8) is 0 Å². The molecule has 2 unspecified atom stereocenters. The molecule has 0 saturated heterocycles. The van der Waals surface area contributed by atoms with Crippen LogP contribution < -0.4 is 5.73 Å². The molecular formula is C12H23NO2S. The number of esters is 1. The first-order valence-corrected chi connectivity index (χ1v) is 7.10. The molecule has 2 atom stereocenters. The number of thioether (sulfide) groups is 1. The van der Waals surface area contributed by atoms with Gasteiger partial charge in [-0.15, -0.1) is 0 Å². The molecule has 0 aromatic heterocycles. The number of ether oxygens (including phenoxy) is 1. The molecule has 1 aliphatic carbocycles. The average molecular weight is 245 g/mol. The predicted molar refractivity (Wildman–Crippen MR) is 68.5 cm³/mol. The third kappa shape index (κ3) is 3.67. The van der Waals surface area contributed by atoms with Gasteiger partial charge in [0.1, 0.15) is 5.54 Å². The standard InChI is InChI=1S/C12H23NO2S/c1-4-15-11(14)12(13)6-5-10(7-12)16-8-9(2)3/h9-10H,4-8,13H2,1-3H3. The first-order valence-electron chi connectivity index (χ1n) is 6.05. The van der Waals surface area contributed by atoms with Crippen molar-refractivity contribution in [3.05, 3.63) is 0 Å². The van der Waals surface area contributed by atoms with Crippen LogP contribution in [0.15, 0.2) is 0 Å². The van der Waals surface area contributed by atoms with E-state index < -0.39 is 5.54 Å². The van der Waals surface area contributed by atoms with Gasteiger partial charge in [0.25, 0.3) is 0 Å². The second-order valence-corrected chi connectivity index (χ2v) is 6.30. The van der Waals surface area contributed by atoms with Crippen LogP contribution in [-0.4, -0.2) is 29.1 Å². The maximum atomic E-state index is 11.7. The van der Waals surface area contributed by atoms with Crippen molar-refractivity contribution in [2.24, 2.45) is 11.7 Å². The minimum Gasteiger partial charge on any atom is -0.465 e. The Morgan fingerprint density at radius 1 is 1.62 bits per heavy atom. The molecule has 1 saturated carbocycles. The second kappa shape index (κ2) is 5.92. The van der Waals surface area contributed by atoms with E-state index in [9.17, 15) is 4.79 Å². The summed E-state index contributed by atoms with van der Waals surface area (Å²) in [4.78, 5) is 11.7. The van der Waals surface area contributed by atoms with E-state index in [2.05, 4.69) is 13.8 Å². The Labute approximate surface area is 102 Å². The highest BCUT2D eigenvalue weighted by Gasteiger charge is 2.43. The normalized spacial score (nSPS) is 29.7. The van der Waals surface area contributed by atoms with Crippen LogP contribution in [0, 0.1) is 5.92 Å². The molecule has 3 nitrogen and oxygen atoms in total. The van der Waals surface area contributed by atoms with Crippen LogP contribution in [0.1, 0.15) is 40.0 Å². The molecule has 16 heavy (non-hydrogen) atoms. The van der Waals surface area contributed by atoms with E-state index in [0.717, 1.165) is 25.0 Å². The summed E-state index contributed by atoms with van der Waals surface area (Å²) >= 11 is 1.94. The van der Waals surface area contributed by atoms with Crippen molar-refractivity contribution in [1.29, 1.82) is 0 Å². The van der Waals surface area contributed by atoms with Gasteiger partial charge in [-0.1, -0.05) is 13.8 Å². The first kappa shape index (κ1) is 13.8. The molecule has 1 aliphatic rings. The van der Waals surface area contributed by atoms with E-state index in [4.69, 9.17) is 10.5 Å². The number of hydrogen-bond donors (Lipinski definition) is 1. The SMILES string of the molecule is CCOC(=O)C1(N)CCC(SCC(C)C)C1. The molecule has 1 rings (SSSR count). The van der Waals surface area contributed by atoms with Gasteiger partial charge in [-0.3, -0.25) is 4.79 Å². The minimum atomic E-state index is -0.718. The zero-order valence-corrected chi connectivity index (χ0v) is 11.3. The molecule has 0 spiro atoms. The van der Waals surface area contributed by atoms with Gasteiger partial charge in [-0.2, -0.15) is 11.8 Å². The lowest BCUT2D eigenvalue weighted by Crippen LogP contribution is -2.47. The molecule has 0 aromatic carbocycles. The van der Waals surface area contributed by atoms with E-state index in [1.165, 1.54) is 0 Å². The molecule has 94 valence electrons. The van der Waals surface area contributed by atoms with Crippen molar-refractivity contribution in [1.82, 2.24) is 0 Å². The fraction of sp³-hybridized carbons (Fsp3) is 0.917. The summed E-state index contributed by atoms with van der Waals surface area (Å²) in [5.74, 6) is 1.62. The summed E-state index contributed by atoms with van der Waals surface area (Å²) in [6, 6.07) is 0. The van der Waals surface area contributed by atoms with Gasteiger partial charge in [0.15, 0.2) is 0 Å². The van der Waals surface area contributed by atoms with Gasteiger partial charge in [0.05, 0.1) is 6.61 Å². The van der Waals surface area contributed by atoms with Gasteiger partial charge in [-0.05, 0) is 37.9 Å². The summed E-state index contributed by atoms with van der Waals surface area (Å²) in [5, 5.41) is 0.525. The van der Waals surface area contributed by atoms with Crippen LogP contribution >= 0.6 is 11.8 Å². The summed E-state index contributed by atoms with van der Waals surface area (Å²) in [5.41, 5.74) is 5.38. The van der Waals surface area contributed by atoms with Crippen molar-refractivity contribution in [3.8, 4) is 0 Å². The Hall–Kier alpha value is -0.220. The van der Waals surface area contributed by atoms with Crippen molar-refractivity contribution >= 4 is 17.7 Å². The van der Waals surface area contributed by atoms with E-state index in [0.29, 0.717) is 17.8 Å². The first-order chi connectivity index (χ1) is 7.48. The van der Waals surface area contributed by atoms with E-state index in [1.54, 1.807) is 0 Å². The third-order valence-corrected chi connectivity index (χ3v) is 4.58. The highest BCUT2D eigenvalue weighted by molar-refractivity contribution is 7.99. The smallest absolute Gasteiger partial charge is 0.326 e. The molecule has 0 amide bonds. The Morgan fingerprint density at radius 3 is 2.88 bits per heavy atom. The lowest BCUT2D eigenvalue weighted by Gasteiger charge is -2.21. The Morgan fingerprint density at radius 2 is 2.31 bits per heavy atom. The van der Waals surface area contributed by atoms with Gasteiger partial charge >= 0.3 is 5.97 Å². The Kier molecular flexibility index (Phi) is 5.12. The number of carbonyl (C=O) groups is 1. The van der Waals surface area contributed by atoms with Gasteiger partial charge in [0.2, 0.25) is 0 Å². The molecule has 0 aliphatic heterocycles. The van der Waals surface area contributed by atoms with Crippen LogP contribution in [0.5, 0.6) is 0 Å². The average Bonchev–Trinajstić information content (AvgIpc) is 2.59. The quantitative estimate of drug-likeness (QED) is 0.754. The van der Waals surface area contributed by atoms with E-state index in [-0.39, 0.29) is 5.97 Å². The van der Waals surface area contributed by atoms with Crippen molar-refractivity contribution < 1.29 is 9.53 Å². The fourth-order valence-corrected chi connectivity index (χ4v) is 3.32. The number of hydrogen-bond acceptors (Lipinski definition) is 4. The summed E-state index contributed by atoms with van der Waals surface area (Å²) < 4.78 is 5.03. The van der Waals surface area contributed by atoms with Gasteiger partial charge < -0.3 is 10.5 Å². The molecular weight excluding hydrogens is 222 g/mol. The topological polar surface area (TPSA) is 52.3 Å². The highest BCUT2D eigenvalue weighted by Crippen LogP contribution is 2.36. The lowest BCUT2D eigenvalue weighted by atomic mass is 10.00. The highest BCUT2D eigenvalue weighted by atomic mass is 32.2. The monoisotopic (exact) mass is 245 g/mol. The maximum absolute atomic E-state index is 11.7. The van der Waals surface area contributed by atoms with Gasteiger partial charge in [-0.25, -0.2) is 0 Å². The minimum absolute atomic E-state index is 0.220. The second-order valence-electron chi connectivity index (χ2n) is 4.97. The molecule has 4 heteroatoms. The lowest BCUT2D eigenvalue weighted by molar-refractivity contribution is -0.149. The van der Waals surface area contributed by atoms with E-state index in [1.807, 2.05) is 18.7 Å². The number of nitrogens with two attached hydrogens (primary N) is 1. The molecule has 2 N–H and O–H groups in total. The van der Waals surface area contributed by atoms with Crippen LogP contribution in [-0.2, 0) is 9.53 Å². The summed E-state index contributed by atoms with van der Waals surface area (Å²) in [6.07, 6.45) is 2.57. The van der Waals surface area contributed by atoms with Crippen LogP contribution in [0.4, 0.5) is 0 Å². The molecule has 0 radical (unpaired) electrons. The maximum Gasteiger partial charge on any atom is 0.326 e. The zero-order valence-electron chi connectivity index (χ0n) is 10.5. The number of carbonyl (C=O) groups excluding carboxylic acids is 1. The van der Waals surface area contributed by atoms with E-state index >= 15 is 0 Å². The largest absolute Gasteiger partial charge is 0.465 e. The van der Waals surface area contributed by atoms with Gasteiger partial charge in [0, 0.05) is 5.25 Å². The van der Waals surface area contributed by atoms with Crippen molar-refractivity contribution in [2.45, 2.75) is 50.8 Å². The van der Waals surface area contributed by atoms with Crippen LogP contribution in [0.25, 0.3) is 0 Å². The van der Waals surface area contributed by atoms with Crippen LogP contribution in [0.2, 0.25) is 0 Å². The Balaban J connectivity index is 2.41. The molecule has 0 aromatic rings.